The van der Waals surface area contributed by atoms with E-state index in [9.17, 15) is 10.2 Å². The monoisotopic (exact) mass is 415 g/mol. The molecule has 11 nitrogen and oxygen atoms in total. The van der Waals surface area contributed by atoms with E-state index in [1.165, 1.54) is 6.33 Å². The molecule has 1 aliphatic heterocycles. The van der Waals surface area contributed by atoms with Crippen molar-refractivity contribution in [1.29, 1.82) is 0 Å². The van der Waals surface area contributed by atoms with Gasteiger partial charge in [-0.1, -0.05) is 30.3 Å². The molecule has 1 aliphatic rings. The Kier molecular flexibility index (Phi) is 5.90. The third kappa shape index (κ3) is 3.74. The van der Waals surface area contributed by atoms with Crippen LogP contribution in [0.15, 0.2) is 36.7 Å². The minimum atomic E-state index is -1.19. The van der Waals surface area contributed by atoms with Crippen LogP contribution in [0.4, 0.5) is 5.82 Å². The standard InChI is InChI=1S/C19H25N7O4/c1-25(7-8-29-21)9-12-14(27)15(28)19(30-12)26-17(11-5-3-2-4-6-11)24-13-16(20)22-10-23-18(13)26/h2-6,10,12,14-15,19,27-28H,7-9,21H2,1H3,(H2,20,22,23)/t12-,14?,15?,19-/m1/s1. The molecular formula is C19H25N7O4. The fourth-order valence-electron chi connectivity index (χ4n) is 3.66. The van der Waals surface area contributed by atoms with E-state index in [1.807, 2.05) is 42.3 Å². The van der Waals surface area contributed by atoms with E-state index in [1.54, 1.807) is 4.57 Å². The first-order valence-corrected chi connectivity index (χ1v) is 9.57. The number of fused-ring (bicyclic) bond motifs is 1. The summed E-state index contributed by atoms with van der Waals surface area (Å²) in [5.74, 6) is 5.82. The fourth-order valence-corrected chi connectivity index (χ4v) is 3.66. The molecule has 3 aromatic rings. The van der Waals surface area contributed by atoms with Crippen molar-refractivity contribution >= 4 is 17.0 Å². The summed E-state index contributed by atoms with van der Waals surface area (Å²) in [7, 11) is 1.85. The van der Waals surface area contributed by atoms with E-state index < -0.39 is 24.5 Å². The van der Waals surface area contributed by atoms with Crippen molar-refractivity contribution in [1.82, 2.24) is 24.4 Å². The van der Waals surface area contributed by atoms with Gasteiger partial charge in [-0.2, -0.15) is 0 Å². The van der Waals surface area contributed by atoms with Crippen LogP contribution in [0.3, 0.4) is 0 Å². The molecule has 3 heterocycles. The third-order valence-corrected chi connectivity index (χ3v) is 5.21. The number of nitrogens with zero attached hydrogens (tertiary/aromatic N) is 5. The number of anilines is 1. The molecule has 2 aromatic heterocycles. The van der Waals surface area contributed by atoms with Gasteiger partial charge in [-0.3, -0.25) is 4.57 Å². The van der Waals surface area contributed by atoms with Crippen LogP contribution in [0, 0.1) is 0 Å². The summed E-state index contributed by atoms with van der Waals surface area (Å²) in [5.41, 5.74) is 7.63. The highest BCUT2D eigenvalue weighted by molar-refractivity contribution is 5.85. The van der Waals surface area contributed by atoms with E-state index >= 15 is 0 Å². The predicted octanol–water partition coefficient (Wildman–Crippen LogP) is -0.483. The second-order valence-corrected chi connectivity index (χ2v) is 7.28. The van der Waals surface area contributed by atoms with Crippen LogP contribution in [0.2, 0.25) is 0 Å². The maximum atomic E-state index is 10.8. The van der Waals surface area contributed by atoms with Gasteiger partial charge in [0, 0.05) is 18.7 Å². The first kappa shape index (κ1) is 20.6. The fraction of sp³-hybridized carbons (Fsp3) is 0.421. The molecule has 4 rings (SSSR count). The minimum absolute atomic E-state index is 0.224. The van der Waals surface area contributed by atoms with E-state index in [-0.39, 0.29) is 5.82 Å². The summed E-state index contributed by atoms with van der Waals surface area (Å²) in [6, 6.07) is 9.43. The highest BCUT2D eigenvalue weighted by atomic mass is 16.6. The van der Waals surface area contributed by atoms with Crippen molar-refractivity contribution < 1.29 is 19.8 Å². The SMILES string of the molecule is CN(CCON)C[C@H]1O[C@@H](n2c(-c3ccccc3)nc3c(N)ncnc32)C(O)C1O. The van der Waals surface area contributed by atoms with Gasteiger partial charge in [0.2, 0.25) is 0 Å². The lowest BCUT2D eigenvalue weighted by Gasteiger charge is -2.22. The van der Waals surface area contributed by atoms with Crippen LogP contribution in [0.25, 0.3) is 22.6 Å². The van der Waals surface area contributed by atoms with Gasteiger partial charge < -0.3 is 30.4 Å². The minimum Gasteiger partial charge on any atom is -0.387 e. The second-order valence-electron chi connectivity index (χ2n) is 7.28. The van der Waals surface area contributed by atoms with Crippen LogP contribution >= 0.6 is 0 Å². The number of imidazole rings is 1. The van der Waals surface area contributed by atoms with Crippen LogP contribution in [0.5, 0.6) is 0 Å². The lowest BCUT2D eigenvalue weighted by Crippen LogP contribution is -2.39. The van der Waals surface area contributed by atoms with Gasteiger partial charge in [0.15, 0.2) is 23.2 Å². The number of aliphatic hydroxyl groups is 2. The molecule has 0 spiro atoms. The number of aromatic nitrogens is 4. The first-order chi connectivity index (χ1) is 14.5. The summed E-state index contributed by atoms with van der Waals surface area (Å²) < 4.78 is 7.77. The van der Waals surface area contributed by atoms with Crippen LogP contribution in [0.1, 0.15) is 6.23 Å². The Morgan fingerprint density at radius 3 is 2.70 bits per heavy atom. The van der Waals surface area contributed by atoms with Gasteiger partial charge >= 0.3 is 0 Å². The molecule has 1 aromatic carbocycles. The van der Waals surface area contributed by atoms with Crippen molar-refractivity contribution in [2.24, 2.45) is 5.90 Å². The molecule has 0 saturated carbocycles. The molecule has 1 fully saturated rings. The Balaban J connectivity index is 1.72. The molecule has 4 atom stereocenters. The van der Waals surface area contributed by atoms with Crippen molar-refractivity contribution in [3.05, 3.63) is 36.7 Å². The molecule has 0 amide bonds. The zero-order valence-electron chi connectivity index (χ0n) is 16.5. The molecule has 11 heteroatoms. The van der Waals surface area contributed by atoms with Crippen molar-refractivity contribution in [2.75, 3.05) is 32.5 Å². The van der Waals surface area contributed by atoms with Gasteiger partial charge in [-0.05, 0) is 7.05 Å². The Hall–Kier alpha value is -2.67. The molecule has 0 radical (unpaired) electrons. The lowest BCUT2D eigenvalue weighted by atomic mass is 10.1. The summed E-state index contributed by atoms with van der Waals surface area (Å²) in [6.45, 7) is 1.27. The number of benzene rings is 1. The number of ether oxygens (including phenoxy) is 1. The average Bonchev–Trinajstić information content (AvgIpc) is 3.27. The van der Waals surface area contributed by atoms with Gasteiger partial charge in [-0.15, -0.1) is 0 Å². The lowest BCUT2D eigenvalue weighted by molar-refractivity contribution is -0.0428. The zero-order chi connectivity index (χ0) is 21.3. The van der Waals surface area contributed by atoms with E-state index in [4.69, 9.17) is 16.4 Å². The highest BCUT2D eigenvalue weighted by Gasteiger charge is 2.45. The number of nitrogen functional groups attached to an aromatic ring is 1. The summed E-state index contributed by atoms with van der Waals surface area (Å²) >= 11 is 0. The van der Waals surface area contributed by atoms with Crippen molar-refractivity contribution in [3.8, 4) is 11.4 Å². The molecule has 30 heavy (non-hydrogen) atoms. The van der Waals surface area contributed by atoms with Gasteiger partial charge in [0.1, 0.15) is 30.5 Å². The van der Waals surface area contributed by atoms with E-state index in [0.717, 1.165) is 5.56 Å². The van der Waals surface area contributed by atoms with Crippen molar-refractivity contribution in [2.45, 2.75) is 24.5 Å². The van der Waals surface area contributed by atoms with Crippen LogP contribution in [-0.2, 0) is 9.57 Å². The van der Waals surface area contributed by atoms with Gasteiger partial charge in [0.05, 0.1) is 6.61 Å². The average molecular weight is 415 g/mol. The van der Waals surface area contributed by atoms with Gasteiger partial charge in [0.25, 0.3) is 0 Å². The maximum Gasteiger partial charge on any atom is 0.168 e. The van der Waals surface area contributed by atoms with Gasteiger partial charge in [-0.25, -0.2) is 20.8 Å². The van der Waals surface area contributed by atoms with E-state index in [2.05, 4.69) is 19.8 Å². The van der Waals surface area contributed by atoms with Crippen LogP contribution < -0.4 is 11.6 Å². The number of aliphatic hydroxyl groups excluding tert-OH is 2. The normalized spacial score (nSPS) is 24.2. The molecule has 0 bridgehead atoms. The topological polar surface area (TPSA) is 158 Å². The molecule has 2 unspecified atom stereocenters. The first-order valence-electron chi connectivity index (χ1n) is 9.57. The Morgan fingerprint density at radius 1 is 1.20 bits per heavy atom. The summed E-state index contributed by atoms with van der Waals surface area (Å²) in [4.78, 5) is 19.4. The van der Waals surface area contributed by atoms with E-state index in [0.29, 0.717) is 36.7 Å². The number of nitrogens with two attached hydrogens (primary N) is 2. The molecule has 6 N–H and O–H groups in total. The highest BCUT2D eigenvalue weighted by Crippen LogP contribution is 2.36. The molecule has 0 aliphatic carbocycles. The number of likely N-dealkylation sites (N-methyl/N-ethyl adjacent to an activating group) is 1. The Labute approximate surface area is 172 Å². The smallest absolute Gasteiger partial charge is 0.168 e. The number of hydrogen-bond acceptors (Lipinski definition) is 10. The Morgan fingerprint density at radius 2 is 1.97 bits per heavy atom. The quantitative estimate of drug-likeness (QED) is 0.371. The number of rotatable bonds is 7. The summed E-state index contributed by atoms with van der Waals surface area (Å²) in [6.07, 6.45) is -2.49. The van der Waals surface area contributed by atoms with Crippen LogP contribution in [-0.4, -0.2) is 79.7 Å². The molecular weight excluding hydrogens is 390 g/mol. The maximum absolute atomic E-state index is 10.8. The third-order valence-electron chi connectivity index (χ3n) is 5.21. The predicted molar refractivity (Wildman–Crippen MR) is 109 cm³/mol. The second kappa shape index (κ2) is 8.60. The largest absolute Gasteiger partial charge is 0.387 e. The summed E-state index contributed by atoms with van der Waals surface area (Å²) in [5, 5.41) is 21.5. The Bertz CT molecular complexity index is 999. The molecule has 1 saturated heterocycles. The molecule has 160 valence electrons. The van der Waals surface area contributed by atoms with Crippen molar-refractivity contribution in [3.63, 3.8) is 0 Å². The number of hydrogen-bond donors (Lipinski definition) is 4. The zero-order valence-corrected chi connectivity index (χ0v) is 16.5.